The SMILES string of the molecule is Cc1cnc(C=O)n1C1CC1. The molecule has 1 aromatic rings. The normalized spacial score (nSPS) is 16.8. The Hall–Kier alpha value is -1.12. The molecule has 0 unspecified atom stereocenters. The Bertz CT molecular complexity index is 286. The Morgan fingerprint density at radius 3 is 3.00 bits per heavy atom. The quantitative estimate of drug-likeness (QED) is 0.596. The van der Waals surface area contributed by atoms with Crippen LogP contribution < -0.4 is 0 Å². The van der Waals surface area contributed by atoms with Gasteiger partial charge in [-0.05, 0) is 19.8 Å². The van der Waals surface area contributed by atoms with Gasteiger partial charge in [-0.3, -0.25) is 4.79 Å². The summed E-state index contributed by atoms with van der Waals surface area (Å²) < 4.78 is 2.02. The van der Waals surface area contributed by atoms with Crippen molar-refractivity contribution in [1.29, 1.82) is 0 Å². The first-order valence-corrected chi connectivity index (χ1v) is 3.82. The zero-order valence-electron chi connectivity index (χ0n) is 6.45. The summed E-state index contributed by atoms with van der Waals surface area (Å²) in [4.78, 5) is 14.5. The molecule has 2 rings (SSSR count). The lowest BCUT2D eigenvalue weighted by atomic mass is 10.5. The van der Waals surface area contributed by atoms with Crippen LogP contribution in [0, 0.1) is 6.92 Å². The summed E-state index contributed by atoms with van der Waals surface area (Å²) in [5.41, 5.74) is 1.09. The van der Waals surface area contributed by atoms with Crippen LogP contribution >= 0.6 is 0 Å². The average molecular weight is 150 g/mol. The van der Waals surface area contributed by atoms with E-state index in [1.54, 1.807) is 6.20 Å². The fourth-order valence-corrected chi connectivity index (χ4v) is 1.36. The number of aldehydes is 1. The second kappa shape index (κ2) is 2.19. The molecule has 1 aromatic heterocycles. The van der Waals surface area contributed by atoms with E-state index in [1.165, 1.54) is 12.8 Å². The predicted molar refractivity (Wildman–Crippen MR) is 40.6 cm³/mol. The first kappa shape index (κ1) is 6.58. The van der Waals surface area contributed by atoms with Crippen LogP contribution in [0.2, 0.25) is 0 Å². The number of nitrogens with zero attached hydrogens (tertiary/aromatic N) is 2. The molecule has 3 nitrogen and oxygen atoms in total. The molecule has 1 aliphatic carbocycles. The van der Waals surface area contributed by atoms with Gasteiger partial charge in [0.05, 0.1) is 0 Å². The van der Waals surface area contributed by atoms with Crippen LogP contribution in [0.4, 0.5) is 0 Å². The molecule has 0 N–H and O–H groups in total. The highest BCUT2D eigenvalue weighted by molar-refractivity contribution is 5.69. The van der Waals surface area contributed by atoms with E-state index in [4.69, 9.17) is 0 Å². The van der Waals surface area contributed by atoms with Crippen LogP contribution in [0.15, 0.2) is 6.20 Å². The lowest BCUT2D eigenvalue weighted by Crippen LogP contribution is -2.01. The number of rotatable bonds is 2. The maximum absolute atomic E-state index is 10.5. The second-order valence-electron chi connectivity index (χ2n) is 2.98. The maximum atomic E-state index is 10.5. The van der Waals surface area contributed by atoms with Crippen LogP contribution in [0.25, 0.3) is 0 Å². The fraction of sp³-hybridized carbons (Fsp3) is 0.500. The third-order valence-electron chi connectivity index (χ3n) is 2.03. The highest BCUT2D eigenvalue weighted by Crippen LogP contribution is 2.36. The highest BCUT2D eigenvalue weighted by Gasteiger charge is 2.26. The van der Waals surface area contributed by atoms with Crippen LogP contribution in [0.3, 0.4) is 0 Å². The van der Waals surface area contributed by atoms with Gasteiger partial charge in [-0.25, -0.2) is 4.98 Å². The standard InChI is InChI=1S/C8H10N2O/c1-6-4-9-8(5-11)10(6)7-2-3-7/h4-5,7H,2-3H2,1H3. The molecule has 0 amide bonds. The van der Waals surface area contributed by atoms with Gasteiger partial charge in [-0.15, -0.1) is 0 Å². The molecule has 0 atom stereocenters. The molecule has 0 aliphatic heterocycles. The monoisotopic (exact) mass is 150 g/mol. The van der Waals surface area contributed by atoms with Crippen molar-refractivity contribution in [3.05, 3.63) is 17.7 Å². The van der Waals surface area contributed by atoms with E-state index in [0.29, 0.717) is 11.9 Å². The number of aromatic nitrogens is 2. The number of imidazole rings is 1. The molecular formula is C8H10N2O. The Morgan fingerprint density at radius 2 is 2.45 bits per heavy atom. The van der Waals surface area contributed by atoms with Gasteiger partial charge in [-0.2, -0.15) is 0 Å². The van der Waals surface area contributed by atoms with Gasteiger partial charge in [0.15, 0.2) is 12.1 Å². The molecule has 0 aromatic carbocycles. The van der Waals surface area contributed by atoms with Crippen molar-refractivity contribution in [3.63, 3.8) is 0 Å². The van der Waals surface area contributed by atoms with Crippen molar-refractivity contribution < 1.29 is 4.79 Å². The second-order valence-corrected chi connectivity index (χ2v) is 2.98. The summed E-state index contributed by atoms with van der Waals surface area (Å²) in [6.45, 7) is 1.98. The number of hydrogen-bond donors (Lipinski definition) is 0. The fourth-order valence-electron chi connectivity index (χ4n) is 1.36. The molecule has 1 heterocycles. The molecular weight excluding hydrogens is 140 g/mol. The first-order chi connectivity index (χ1) is 5.33. The lowest BCUT2D eigenvalue weighted by molar-refractivity contribution is 0.111. The van der Waals surface area contributed by atoms with Gasteiger partial charge in [-0.1, -0.05) is 0 Å². The van der Waals surface area contributed by atoms with Crippen LogP contribution in [0.5, 0.6) is 0 Å². The average Bonchev–Trinajstić information content (AvgIpc) is 2.76. The molecule has 1 fully saturated rings. The zero-order valence-corrected chi connectivity index (χ0v) is 6.45. The summed E-state index contributed by atoms with van der Waals surface area (Å²) in [7, 11) is 0. The summed E-state index contributed by atoms with van der Waals surface area (Å²) in [6, 6.07) is 0.553. The van der Waals surface area contributed by atoms with Crippen molar-refractivity contribution in [2.45, 2.75) is 25.8 Å². The minimum atomic E-state index is 0.553. The molecule has 58 valence electrons. The van der Waals surface area contributed by atoms with Crippen LogP contribution in [-0.2, 0) is 0 Å². The largest absolute Gasteiger partial charge is 0.323 e. The Balaban J connectivity index is 2.46. The molecule has 3 heteroatoms. The van der Waals surface area contributed by atoms with E-state index in [9.17, 15) is 4.79 Å². The lowest BCUT2D eigenvalue weighted by Gasteiger charge is -2.02. The molecule has 11 heavy (non-hydrogen) atoms. The highest BCUT2D eigenvalue weighted by atomic mass is 16.1. The summed E-state index contributed by atoms with van der Waals surface area (Å²) in [5.74, 6) is 0.574. The minimum absolute atomic E-state index is 0.553. The predicted octanol–water partition coefficient (Wildman–Crippen LogP) is 1.34. The molecule has 0 radical (unpaired) electrons. The van der Waals surface area contributed by atoms with E-state index >= 15 is 0 Å². The van der Waals surface area contributed by atoms with Gasteiger partial charge in [0.1, 0.15) is 0 Å². The molecule has 1 aliphatic rings. The van der Waals surface area contributed by atoms with Gasteiger partial charge in [0, 0.05) is 17.9 Å². The molecule has 1 saturated carbocycles. The van der Waals surface area contributed by atoms with E-state index in [0.717, 1.165) is 12.0 Å². The Kier molecular flexibility index (Phi) is 1.31. The van der Waals surface area contributed by atoms with Crippen molar-refractivity contribution in [3.8, 4) is 0 Å². The number of aryl methyl sites for hydroxylation is 1. The maximum Gasteiger partial charge on any atom is 0.185 e. The van der Waals surface area contributed by atoms with Crippen molar-refractivity contribution in [2.24, 2.45) is 0 Å². The molecule has 0 bridgehead atoms. The molecule has 0 saturated heterocycles. The smallest absolute Gasteiger partial charge is 0.185 e. The Morgan fingerprint density at radius 1 is 1.73 bits per heavy atom. The van der Waals surface area contributed by atoms with E-state index in [-0.39, 0.29) is 0 Å². The number of carbonyl (C=O) groups is 1. The van der Waals surface area contributed by atoms with Gasteiger partial charge < -0.3 is 4.57 Å². The van der Waals surface area contributed by atoms with Gasteiger partial charge in [0.25, 0.3) is 0 Å². The first-order valence-electron chi connectivity index (χ1n) is 3.82. The topological polar surface area (TPSA) is 34.9 Å². The Labute approximate surface area is 65.1 Å². The van der Waals surface area contributed by atoms with Crippen molar-refractivity contribution in [2.75, 3.05) is 0 Å². The third-order valence-corrected chi connectivity index (χ3v) is 2.03. The molecule has 0 spiro atoms. The van der Waals surface area contributed by atoms with Crippen molar-refractivity contribution >= 4 is 6.29 Å². The van der Waals surface area contributed by atoms with Gasteiger partial charge in [0.2, 0.25) is 0 Å². The summed E-state index contributed by atoms with van der Waals surface area (Å²) in [6.07, 6.45) is 4.96. The summed E-state index contributed by atoms with van der Waals surface area (Å²) in [5, 5.41) is 0. The van der Waals surface area contributed by atoms with Crippen LogP contribution in [-0.4, -0.2) is 15.8 Å². The van der Waals surface area contributed by atoms with E-state index in [2.05, 4.69) is 4.98 Å². The third kappa shape index (κ3) is 0.964. The zero-order chi connectivity index (χ0) is 7.84. The summed E-state index contributed by atoms with van der Waals surface area (Å²) >= 11 is 0. The van der Waals surface area contributed by atoms with Crippen molar-refractivity contribution in [1.82, 2.24) is 9.55 Å². The number of hydrogen-bond acceptors (Lipinski definition) is 2. The van der Waals surface area contributed by atoms with Crippen LogP contribution in [0.1, 0.15) is 35.2 Å². The van der Waals surface area contributed by atoms with Gasteiger partial charge >= 0.3 is 0 Å². The van der Waals surface area contributed by atoms with E-state index in [1.807, 2.05) is 11.5 Å². The minimum Gasteiger partial charge on any atom is -0.323 e. The number of carbonyl (C=O) groups excluding carboxylic acids is 1. The van der Waals surface area contributed by atoms with E-state index < -0.39 is 0 Å².